The lowest BCUT2D eigenvalue weighted by molar-refractivity contribution is -0.162. The molecule has 4 aliphatic rings. The van der Waals surface area contributed by atoms with Gasteiger partial charge in [-0.2, -0.15) is 0 Å². The fraction of sp³-hybridized carbons (Fsp3) is 0.964. The normalized spacial score (nSPS) is 49.5. The molecule has 4 rings (SSSR count). The summed E-state index contributed by atoms with van der Waals surface area (Å²) in [4.78, 5) is 12.7. The van der Waals surface area contributed by atoms with Gasteiger partial charge in [-0.3, -0.25) is 4.79 Å². The summed E-state index contributed by atoms with van der Waals surface area (Å²) in [7, 11) is 0. The van der Waals surface area contributed by atoms with Gasteiger partial charge in [-0.25, -0.2) is 0 Å². The monoisotopic (exact) mass is 478 g/mol. The third kappa shape index (κ3) is 3.58. The minimum Gasteiger partial charge on any atom is -0.298 e. The van der Waals surface area contributed by atoms with Gasteiger partial charge >= 0.3 is 0 Å². The lowest BCUT2D eigenvalue weighted by atomic mass is 9.40. The van der Waals surface area contributed by atoms with E-state index in [1.54, 1.807) is 0 Å². The van der Waals surface area contributed by atoms with Crippen molar-refractivity contribution in [1.29, 1.82) is 0 Å². The maximum Gasteiger partial charge on any atom is 0.147 e. The highest BCUT2D eigenvalue weighted by atomic mass is 79.9. The summed E-state index contributed by atoms with van der Waals surface area (Å²) in [5, 5.41) is 0. The van der Waals surface area contributed by atoms with Crippen LogP contribution in [-0.2, 0) is 4.79 Å². The van der Waals surface area contributed by atoms with Gasteiger partial charge in [0, 0.05) is 6.42 Å². The van der Waals surface area contributed by atoms with Gasteiger partial charge in [0.25, 0.3) is 0 Å². The van der Waals surface area contributed by atoms with E-state index in [2.05, 4.69) is 57.5 Å². The molecule has 0 aromatic carbocycles. The molecule has 0 heterocycles. The first-order chi connectivity index (χ1) is 14.0. The summed E-state index contributed by atoms with van der Waals surface area (Å²) in [6.45, 7) is 15.0. The number of hydrogen-bond donors (Lipinski definition) is 0. The van der Waals surface area contributed by atoms with Gasteiger partial charge in [0.05, 0.1) is 4.83 Å². The van der Waals surface area contributed by atoms with Gasteiger partial charge in [0.1, 0.15) is 5.78 Å². The molecule has 4 aliphatic carbocycles. The van der Waals surface area contributed by atoms with E-state index < -0.39 is 0 Å². The number of rotatable bonds is 5. The number of carbonyl (C=O) groups is 1. The molecule has 9 atom stereocenters. The van der Waals surface area contributed by atoms with Crippen molar-refractivity contribution in [3.05, 3.63) is 0 Å². The van der Waals surface area contributed by atoms with Crippen molar-refractivity contribution in [3.8, 4) is 0 Å². The van der Waals surface area contributed by atoms with Crippen molar-refractivity contribution < 1.29 is 4.79 Å². The Morgan fingerprint density at radius 2 is 1.70 bits per heavy atom. The second-order valence-electron chi connectivity index (χ2n) is 13.2. The number of Topliss-reactive ketones (excluding diaryl/α,β-unsaturated/α-hetero) is 1. The summed E-state index contributed by atoms with van der Waals surface area (Å²) in [5.41, 5.74) is 1.13. The fourth-order valence-electron chi connectivity index (χ4n) is 9.39. The van der Waals surface area contributed by atoms with E-state index in [0.717, 1.165) is 48.3 Å². The quantitative estimate of drug-likeness (QED) is 0.362. The van der Waals surface area contributed by atoms with E-state index in [9.17, 15) is 4.79 Å². The van der Waals surface area contributed by atoms with Crippen molar-refractivity contribution >= 4 is 21.7 Å². The molecule has 4 saturated carbocycles. The molecule has 0 aromatic rings. The van der Waals surface area contributed by atoms with Crippen molar-refractivity contribution in [2.24, 2.45) is 51.8 Å². The smallest absolute Gasteiger partial charge is 0.147 e. The zero-order chi connectivity index (χ0) is 21.9. The van der Waals surface area contributed by atoms with E-state index in [0.29, 0.717) is 16.6 Å². The molecular formula is C28H47BrO. The Hall–Kier alpha value is 0.150. The number of carbonyl (C=O) groups excluding carboxylic acids is 1. The lowest BCUT2D eigenvalue weighted by Crippen LogP contribution is -2.59. The molecule has 0 bridgehead atoms. The van der Waals surface area contributed by atoms with E-state index in [1.165, 1.54) is 57.8 Å². The molecule has 0 aromatic heterocycles. The number of fused-ring (bicyclic) bond motifs is 5. The highest BCUT2D eigenvalue weighted by molar-refractivity contribution is 9.10. The van der Waals surface area contributed by atoms with Crippen LogP contribution in [0.15, 0.2) is 0 Å². The molecule has 30 heavy (non-hydrogen) atoms. The van der Waals surface area contributed by atoms with E-state index in [-0.39, 0.29) is 10.2 Å². The van der Waals surface area contributed by atoms with Gasteiger partial charge in [-0.1, -0.05) is 76.7 Å². The predicted octanol–water partition coefficient (Wildman–Crippen LogP) is 8.44. The van der Waals surface area contributed by atoms with Crippen LogP contribution in [0.4, 0.5) is 0 Å². The topological polar surface area (TPSA) is 17.1 Å². The molecule has 0 unspecified atom stereocenters. The standard InChI is InChI=1S/C28H47BrO/c1-18(2)8-7-9-19(3)21-10-11-22-20-12-14-26(4)17-25(30)24(29)16-28(26,6)23(20)13-15-27(21,22)5/h18-24H,7-17H2,1-6H3/t19-,20+,21-,22+,23+,24-,26+,27-,28-/m1/s1. The Balaban J connectivity index is 1.52. The van der Waals surface area contributed by atoms with Gasteiger partial charge in [-0.15, -0.1) is 0 Å². The van der Waals surface area contributed by atoms with Crippen molar-refractivity contribution in [3.63, 3.8) is 0 Å². The van der Waals surface area contributed by atoms with E-state index in [1.807, 2.05) is 0 Å². The van der Waals surface area contributed by atoms with Crippen molar-refractivity contribution in [2.45, 2.75) is 117 Å². The van der Waals surface area contributed by atoms with Crippen LogP contribution >= 0.6 is 15.9 Å². The molecule has 0 saturated heterocycles. The number of alkyl halides is 1. The average Bonchev–Trinajstić information content (AvgIpc) is 3.01. The molecule has 172 valence electrons. The molecule has 4 fully saturated rings. The molecule has 1 nitrogen and oxygen atoms in total. The van der Waals surface area contributed by atoms with Gasteiger partial charge in [0.2, 0.25) is 0 Å². The minimum absolute atomic E-state index is 0.0972. The Morgan fingerprint density at radius 3 is 2.40 bits per heavy atom. The third-order valence-corrected chi connectivity index (χ3v) is 12.2. The van der Waals surface area contributed by atoms with Gasteiger partial charge in [0.15, 0.2) is 0 Å². The van der Waals surface area contributed by atoms with Crippen molar-refractivity contribution in [1.82, 2.24) is 0 Å². The lowest BCUT2D eigenvalue weighted by Gasteiger charge is -2.65. The SMILES string of the molecule is CC(C)CCC[C@@H](C)[C@H]1CC[C@H]2[C@@H]3CC[C@@]4(C)CC(=O)[C@H](Br)C[C@]4(C)[C@H]3CC[C@]12C. The Bertz CT molecular complexity index is 657. The first-order valence-corrected chi connectivity index (χ1v) is 14.1. The Labute approximate surface area is 195 Å². The molecule has 0 aliphatic heterocycles. The molecule has 0 N–H and O–H groups in total. The number of ketones is 1. The second-order valence-corrected chi connectivity index (χ2v) is 14.3. The number of hydrogen-bond acceptors (Lipinski definition) is 1. The highest BCUT2D eigenvalue weighted by Crippen LogP contribution is 2.71. The van der Waals surface area contributed by atoms with Gasteiger partial charge in [-0.05, 0) is 96.7 Å². The Morgan fingerprint density at radius 1 is 0.967 bits per heavy atom. The molecule has 0 radical (unpaired) electrons. The largest absolute Gasteiger partial charge is 0.298 e. The first kappa shape index (κ1) is 23.3. The van der Waals surface area contributed by atoms with Crippen molar-refractivity contribution in [2.75, 3.05) is 0 Å². The summed E-state index contributed by atoms with van der Waals surface area (Å²) in [6.07, 6.45) is 14.6. The first-order valence-electron chi connectivity index (χ1n) is 13.2. The molecular weight excluding hydrogens is 432 g/mol. The van der Waals surface area contributed by atoms with Crippen LogP contribution in [0.1, 0.15) is 112 Å². The van der Waals surface area contributed by atoms with Crippen LogP contribution in [0, 0.1) is 51.8 Å². The second kappa shape index (κ2) is 8.18. The predicted molar refractivity (Wildman–Crippen MR) is 131 cm³/mol. The van der Waals surface area contributed by atoms with Crippen LogP contribution in [-0.4, -0.2) is 10.6 Å². The third-order valence-electron chi connectivity index (χ3n) is 11.4. The van der Waals surface area contributed by atoms with Crippen LogP contribution < -0.4 is 0 Å². The number of halogens is 1. The maximum atomic E-state index is 12.6. The summed E-state index contributed by atoms with van der Waals surface area (Å²) in [5.74, 6) is 5.80. The summed E-state index contributed by atoms with van der Waals surface area (Å²) < 4.78 is 0. The fourth-order valence-corrected chi connectivity index (χ4v) is 10.2. The van der Waals surface area contributed by atoms with Crippen LogP contribution in [0.5, 0.6) is 0 Å². The summed E-state index contributed by atoms with van der Waals surface area (Å²) >= 11 is 3.77. The maximum absolute atomic E-state index is 12.6. The molecule has 2 heteroatoms. The molecule has 0 amide bonds. The van der Waals surface area contributed by atoms with E-state index >= 15 is 0 Å². The minimum atomic E-state index is 0.0972. The van der Waals surface area contributed by atoms with Crippen LogP contribution in [0.2, 0.25) is 0 Å². The zero-order valence-electron chi connectivity index (χ0n) is 20.6. The van der Waals surface area contributed by atoms with Crippen LogP contribution in [0.3, 0.4) is 0 Å². The zero-order valence-corrected chi connectivity index (χ0v) is 22.2. The van der Waals surface area contributed by atoms with E-state index in [4.69, 9.17) is 0 Å². The average molecular weight is 480 g/mol. The van der Waals surface area contributed by atoms with Crippen LogP contribution in [0.25, 0.3) is 0 Å². The summed E-state index contributed by atoms with van der Waals surface area (Å²) in [6, 6.07) is 0. The Kier molecular flexibility index (Phi) is 6.35. The highest BCUT2D eigenvalue weighted by Gasteiger charge is 2.64. The molecule has 0 spiro atoms. The van der Waals surface area contributed by atoms with Gasteiger partial charge < -0.3 is 0 Å².